The Morgan fingerprint density at radius 2 is 1.88 bits per heavy atom. The third-order valence-electron chi connectivity index (χ3n) is 2.15. The van der Waals surface area contributed by atoms with E-state index in [2.05, 4.69) is 16.8 Å². The van der Waals surface area contributed by atoms with Gasteiger partial charge < -0.3 is 4.74 Å². The number of ether oxygens (including phenoxy) is 1. The summed E-state index contributed by atoms with van der Waals surface area (Å²) in [7, 11) is 1.64. The van der Waals surface area contributed by atoms with Gasteiger partial charge in [-0.2, -0.15) is 0 Å². The SMILES string of the molecule is COc1ccc(C#Cc2cc(Cl)ccn2)cc1. The highest BCUT2D eigenvalue weighted by Crippen LogP contribution is 2.11. The molecular weight excluding hydrogens is 234 g/mol. The van der Waals surface area contributed by atoms with Crippen molar-refractivity contribution in [1.29, 1.82) is 0 Å². The van der Waals surface area contributed by atoms with E-state index in [4.69, 9.17) is 16.3 Å². The number of rotatable bonds is 1. The molecule has 0 fully saturated rings. The Kier molecular flexibility index (Phi) is 3.64. The molecule has 0 aliphatic rings. The van der Waals surface area contributed by atoms with Crippen LogP contribution in [0.5, 0.6) is 5.75 Å². The van der Waals surface area contributed by atoms with Gasteiger partial charge in [0.05, 0.1) is 7.11 Å². The van der Waals surface area contributed by atoms with Crippen molar-refractivity contribution >= 4 is 11.6 Å². The van der Waals surface area contributed by atoms with E-state index in [9.17, 15) is 0 Å². The van der Waals surface area contributed by atoms with E-state index in [0.29, 0.717) is 10.7 Å². The van der Waals surface area contributed by atoms with E-state index in [0.717, 1.165) is 11.3 Å². The van der Waals surface area contributed by atoms with Crippen molar-refractivity contribution in [1.82, 2.24) is 4.98 Å². The zero-order chi connectivity index (χ0) is 12.1. The van der Waals surface area contributed by atoms with Crippen LogP contribution in [0.25, 0.3) is 0 Å². The van der Waals surface area contributed by atoms with E-state index >= 15 is 0 Å². The van der Waals surface area contributed by atoms with Crippen molar-refractivity contribution in [3.05, 3.63) is 58.9 Å². The summed E-state index contributed by atoms with van der Waals surface area (Å²) >= 11 is 5.84. The third-order valence-corrected chi connectivity index (χ3v) is 2.38. The van der Waals surface area contributed by atoms with Crippen molar-refractivity contribution in [3.63, 3.8) is 0 Å². The second-order valence-corrected chi connectivity index (χ2v) is 3.77. The summed E-state index contributed by atoms with van der Waals surface area (Å²) in [5, 5.41) is 0.638. The summed E-state index contributed by atoms with van der Waals surface area (Å²) in [6.45, 7) is 0. The minimum Gasteiger partial charge on any atom is -0.497 e. The van der Waals surface area contributed by atoms with Gasteiger partial charge >= 0.3 is 0 Å². The second kappa shape index (κ2) is 5.38. The van der Waals surface area contributed by atoms with Crippen LogP contribution in [0.4, 0.5) is 0 Å². The molecule has 0 atom stereocenters. The highest BCUT2D eigenvalue weighted by atomic mass is 35.5. The van der Waals surface area contributed by atoms with Crippen LogP contribution in [0.3, 0.4) is 0 Å². The molecule has 17 heavy (non-hydrogen) atoms. The smallest absolute Gasteiger partial charge is 0.118 e. The van der Waals surface area contributed by atoms with E-state index < -0.39 is 0 Å². The maximum absolute atomic E-state index is 5.84. The lowest BCUT2D eigenvalue weighted by Gasteiger charge is -1.97. The number of hydrogen-bond donors (Lipinski definition) is 0. The van der Waals surface area contributed by atoms with Crippen LogP contribution in [-0.4, -0.2) is 12.1 Å². The fourth-order valence-corrected chi connectivity index (χ4v) is 1.44. The van der Waals surface area contributed by atoms with Crippen LogP contribution >= 0.6 is 11.6 Å². The number of aromatic nitrogens is 1. The van der Waals surface area contributed by atoms with E-state index in [1.54, 1.807) is 25.4 Å². The zero-order valence-electron chi connectivity index (χ0n) is 9.27. The molecule has 3 heteroatoms. The largest absolute Gasteiger partial charge is 0.497 e. The average Bonchev–Trinajstić information content (AvgIpc) is 2.37. The first-order valence-corrected chi connectivity index (χ1v) is 5.43. The summed E-state index contributed by atoms with van der Waals surface area (Å²) in [4.78, 5) is 4.11. The van der Waals surface area contributed by atoms with Crippen molar-refractivity contribution < 1.29 is 4.74 Å². The van der Waals surface area contributed by atoms with Crippen molar-refractivity contribution in [2.45, 2.75) is 0 Å². The lowest BCUT2D eigenvalue weighted by molar-refractivity contribution is 0.415. The Hall–Kier alpha value is -1.98. The minimum absolute atomic E-state index is 0.638. The summed E-state index contributed by atoms with van der Waals surface area (Å²) in [5.41, 5.74) is 1.57. The molecule has 0 radical (unpaired) electrons. The van der Waals surface area contributed by atoms with Gasteiger partial charge in [0, 0.05) is 16.8 Å². The van der Waals surface area contributed by atoms with E-state index in [-0.39, 0.29) is 0 Å². The summed E-state index contributed by atoms with van der Waals surface area (Å²) in [6.07, 6.45) is 1.64. The van der Waals surface area contributed by atoms with Crippen LogP contribution in [0.2, 0.25) is 5.02 Å². The maximum Gasteiger partial charge on any atom is 0.118 e. The molecule has 0 saturated carbocycles. The summed E-state index contributed by atoms with van der Waals surface area (Å²) < 4.78 is 5.07. The maximum atomic E-state index is 5.84. The number of benzene rings is 1. The third kappa shape index (κ3) is 3.24. The Morgan fingerprint density at radius 1 is 1.12 bits per heavy atom. The molecule has 1 heterocycles. The minimum atomic E-state index is 0.638. The van der Waals surface area contributed by atoms with Crippen molar-refractivity contribution in [3.8, 4) is 17.6 Å². The van der Waals surface area contributed by atoms with Gasteiger partial charge in [-0.3, -0.25) is 0 Å². The van der Waals surface area contributed by atoms with Crippen LogP contribution < -0.4 is 4.74 Å². The standard InChI is InChI=1S/C14H10ClNO/c1-17-14-6-3-11(4-7-14)2-5-13-10-12(15)8-9-16-13/h3-4,6-10H,1H3. The molecule has 0 unspecified atom stereocenters. The molecule has 0 N–H and O–H groups in total. The van der Waals surface area contributed by atoms with Crippen LogP contribution in [0.1, 0.15) is 11.3 Å². The fraction of sp³-hybridized carbons (Fsp3) is 0.0714. The van der Waals surface area contributed by atoms with Gasteiger partial charge in [-0.25, -0.2) is 4.98 Å². The predicted molar refractivity (Wildman–Crippen MR) is 68.2 cm³/mol. The molecule has 84 valence electrons. The molecule has 0 amide bonds. The highest BCUT2D eigenvalue weighted by Gasteiger charge is 1.92. The average molecular weight is 244 g/mol. The number of nitrogens with zero attached hydrogens (tertiary/aromatic N) is 1. The monoisotopic (exact) mass is 243 g/mol. The molecule has 0 aliphatic carbocycles. The Labute approximate surface area is 105 Å². The first-order valence-electron chi connectivity index (χ1n) is 5.05. The summed E-state index contributed by atoms with van der Waals surface area (Å²) in [6, 6.07) is 11.0. The van der Waals surface area contributed by atoms with Gasteiger partial charge in [-0.1, -0.05) is 17.5 Å². The molecule has 0 bridgehead atoms. The molecule has 2 rings (SSSR count). The zero-order valence-corrected chi connectivity index (χ0v) is 10.0. The predicted octanol–water partition coefficient (Wildman–Crippen LogP) is 3.14. The first-order chi connectivity index (χ1) is 8.28. The van der Waals surface area contributed by atoms with Gasteiger partial charge in [0.1, 0.15) is 11.4 Å². The number of hydrogen-bond acceptors (Lipinski definition) is 2. The molecule has 0 saturated heterocycles. The lowest BCUT2D eigenvalue weighted by atomic mass is 10.2. The van der Waals surface area contributed by atoms with Crippen LogP contribution in [-0.2, 0) is 0 Å². The number of methoxy groups -OCH3 is 1. The van der Waals surface area contributed by atoms with Crippen molar-refractivity contribution in [2.24, 2.45) is 0 Å². The van der Waals surface area contributed by atoms with Gasteiger partial charge in [0.15, 0.2) is 0 Å². The Morgan fingerprint density at radius 3 is 2.53 bits per heavy atom. The fourth-order valence-electron chi connectivity index (χ4n) is 1.28. The van der Waals surface area contributed by atoms with Gasteiger partial charge in [-0.05, 0) is 42.3 Å². The molecule has 2 aromatic rings. The summed E-state index contributed by atoms with van der Waals surface area (Å²) in [5.74, 6) is 6.78. The van der Waals surface area contributed by atoms with Gasteiger partial charge in [0.25, 0.3) is 0 Å². The van der Waals surface area contributed by atoms with Crippen LogP contribution in [0, 0.1) is 11.8 Å². The molecular formula is C14H10ClNO. The molecule has 2 nitrogen and oxygen atoms in total. The number of pyridine rings is 1. The first kappa shape index (κ1) is 11.5. The molecule has 1 aromatic carbocycles. The molecule has 0 spiro atoms. The normalized spacial score (nSPS) is 9.29. The van der Waals surface area contributed by atoms with E-state index in [1.807, 2.05) is 24.3 Å². The van der Waals surface area contributed by atoms with Gasteiger partial charge in [-0.15, -0.1) is 0 Å². The van der Waals surface area contributed by atoms with Crippen LogP contribution in [0.15, 0.2) is 42.6 Å². The highest BCUT2D eigenvalue weighted by molar-refractivity contribution is 6.30. The lowest BCUT2D eigenvalue weighted by Crippen LogP contribution is -1.83. The molecule has 1 aromatic heterocycles. The molecule has 0 aliphatic heterocycles. The number of halogens is 1. The van der Waals surface area contributed by atoms with Gasteiger partial charge in [0.2, 0.25) is 0 Å². The van der Waals surface area contributed by atoms with Crippen molar-refractivity contribution in [2.75, 3.05) is 7.11 Å². The second-order valence-electron chi connectivity index (χ2n) is 3.34. The Balaban J connectivity index is 2.20. The Bertz CT molecular complexity index is 567. The topological polar surface area (TPSA) is 22.1 Å². The quantitative estimate of drug-likeness (QED) is 0.718. The van der Waals surface area contributed by atoms with E-state index in [1.165, 1.54) is 0 Å².